The number of nitrogens with two attached hydrogens (primary N) is 1. The zero-order valence-corrected chi connectivity index (χ0v) is 19.4. The lowest BCUT2D eigenvalue weighted by Gasteiger charge is -2.38. The summed E-state index contributed by atoms with van der Waals surface area (Å²) >= 11 is 0. The van der Waals surface area contributed by atoms with Crippen molar-refractivity contribution in [1.82, 2.24) is 4.90 Å². The van der Waals surface area contributed by atoms with Crippen LogP contribution in [0.15, 0.2) is 78.9 Å². The van der Waals surface area contributed by atoms with E-state index in [1.165, 1.54) is 4.90 Å². The van der Waals surface area contributed by atoms with Crippen LogP contribution in [0.1, 0.15) is 23.1 Å². The Balaban J connectivity index is 1.91. The Labute approximate surface area is 199 Å². The molecule has 0 radical (unpaired) electrons. The van der Waals surface area contributed by atoms with Gasteiger partial charge in [-0.25, -0.2) is 4.79 Å². The Bertz CT molecular complexity index is 1070. The lowest BCUT2D eigenvalue weighted by atomic mass is 9.79. The number of nitrogens with zero attached hydrogens (tertiary/aromatic N) is 1. The number of carbonyl (C=O) groups is 1. The molecule has 3 aromatic rings. The molecule has 34 heavy (non-hydrogen) atoms. The quantitative estimate of drug-likeness (QED) is 0.500. The van der Waals surface area contributed by atoms with E-state index in [0.717, 1.165) is 16.7 Å². The van der Waals surface area contributed by atoms with Gasteiger partial charge in [-0.3, -0.25) is 0 Å². The van der Waals surface area contributed by atoms with Gasteiger partial charge in [0.15, 0.2) is 11.5 Å². The molecule has 2 unspecified atom stereocenters. The Morgan fingerprint density at radius 2 is 1.59 bits per heavy atom. The fraction of sp³-hybridized carbons (Fsp3) is 0.296. The molecule has 7 nitrogen and oxygen atoms in total. The molecule has 1 saturated heterocycles. The molecule has 2 atom stereocenters. The predicted molar refractivity (Wildman–Crippen MR) is 129 cm³/mol. The van der Waals surface area contributed by atoms with E-state index in [1.807, 2.05) is 78.9 Å². The topological polar surface area (TPSA) is 94.3 Å². The van der Waals surface area contributed by atoms with E-state index in [4.69, 9.17) is 19.9 Å². The minimum Gasteiger partial charge on any atom is -0.493 e. The summed E-state index contributed by atoms with van der Waals surface area (Å²) in [5, 5.41) is 10.2. The molecule has 0 saturated carbocycles. The second kappa shape index (κ2) is 10.2. The van der Waals surface area contributed by atoms with E-state index in [-0.39, 0.29) is 19.2 Å². The average molecular weight is 463 g/mol. The number of para-hydroxylation sites is 1. The number of urea groups is 1. The molecule has 3 aromatic carbocycles. The van der Waals surface area contributed by atoms with E-state index in [1.54, 1.807) is 14.2 Å². The number of primary amides is 1. The van der Waals surface area contributed by atoms with E-state index in [2.05, 4.69) is 0 Å². The summed E-state index contributed by atoms with van der Waals surface area (Å²) in [6, 6.07) is 24.5. The van der Waals surface area contributed by atoms with Crippen molar-refractivity contribution < 1.29 is 24.1 Å². The van der Waals surface area contributed by atoms with Crippen molar-refractivity contribution in [3.63, 3.8) is 0 Å². The lowest BCUT2D eigenvalue weighted by molar-refractivity contribution is -0.0115. The lowest BCUT2D eigenvalue weighted by Crippen LogP contribution is -2.44. The van der Waals surface area contributed by atoms with Gasteiger partial charge < -0.3 is 30.0 Å². The number of likely N-dealkylation sites (tertiary alicyclic amines) is 1. The molecule has 1 aliphatic heterocycles. The van der Waals surface area contributed by atoms with Crippen LogP contribution in [0.2, 0.25) is 0 Å². The van der Waals surface area contributed by atoms with Crippen molar-refractivity contribution in [3.8, 4) is 11.5 Å². The number of hydrogen-bond acceptors (Lipinski definition) is 5. The van der Waals surface area contributed by atoms with Gasteiger partial charge in [0.2, 0.25) is 0 Å². The Hall–Kier alpha value is -3.55. The Morgan fingerprint density at radius 1 is 0.971 bits per heavy atom. The third-order valence-electron chi connectivity index (χ3n) is 6.31. The summed E-state index contributed by atoms with van der Waals surface area (Å²) in [5.41, 5.74) is 7.04. The molecule has 3 N–H and O–H groups in total. The van der Waals surface area contributed by atoms with E-state index >= 15 is 0 Å². The number of rotatable bonds is 8. The molecule has 1 aliphatic rings. The summed E-state index contributed by atoms with van der Waals surface area (Å²) in [4.78, 5) is 13.5. The van der Waals surface area contributed by atoms with Gasteiger partial charge in [0.1, 0.15) is 5.60 Å². The van der Waals surface area contributed by atoms with E-state index < -0.39 is 17.7 Å². The first-order valence-electron chi connectivity index (χ1n) is 11.2. The highest BCUT2D eigenvalue weighted by Gasteiger charge is 2.43. The van der Waals surface area contributed by atoms with Crippen LogP contribution in [-0.2, 0) is 10.3 Å². The number of β-amino-alcohol motifs (C(OH)–C–C–N with tert-alkyl or cyclic N) is 1. The van der Waals surface area contributed by atoms with Gasteiger partial charge in [-0.05, 0) is 23.6 Å². The second-order valence-corrected chi connectivity index (χ2v) is 8.30. The van der Waals surface area contributed by atoms with Gasteiger partial charge in [-0.1, -0.05) is 72.8 Å². The smallest absolute Gasteiger partial charge is 0.315 e. The van der Waals surface area contributed by atoms with Gasteiger partial charge in [0, 0.05) is 12.1 Å². The number of aliphatic hydroxyl groups is 1. The van der Waals surface area contributed by atoms with Crippen molar-refractivity contribution in [2.24, 2.45) is 5.73 Å². The maximum atomic E-state index is 12.0. The summed E-state index contributed by atoms with van der Waals surface area (Å²) in [6.45, 7) is 0.347. The molecule has 0 bridgehead atoms. The Morgan fingerprint density at radius 3 is 2.12 bits per heavy atom. The molecule has 1 heterocycles. The third-order valence-corrected chi connectivity index (χ3v) is 6.31. The number of methoxy groups -OCH3 is 2. The second-order valence-electron chi connectivity index (χ2n) is 8.30. The summed E-state index contributed by atoms with van der Waals surface area (Å²) in [6.07, 6.45) is -0.256. The standard InChI is InChI=1S/C27H30N2O5/c1-32-24-15-9-14-23(25(24)33-2)27(19-10-5-3-6-11-19,20-12-7-4-8-13-20)34-18-21-16-22(30)17-29(21)26(28)31/h3-15,21-22,30H,16-18H2,1-2H3,(H2,28,31). The summed E-state index contributed by atoms with van der Waals surface area (Å²) in [7, 11) is 3.20. The van der Waals surface area contributed by atoms with Crippen molar-refractivity contribution >= 4 is 6.03 Å². The van der Waals surface area contributed by atoms with Gasteiger partial charge >= 0.3 is 6.03 Å². The number of aliphatic hydroxyl groups excluding tert-OH is 1. The Kier molecular flexibility index (Phi) is 7.05. The maximum Gasteiger partial charge on any atom is 0.315 e. The van der Waals surface area contributed by atoms with Gasteiger partial charge in [0.05, 0.1) is 33.0 Å². The first kappa shape index (κ1) is 23.6. The SMILES string of the molecule is COc1cccc(C(OCC2CC(O)CN2C(N)=O)(c2ccccc2)c2ccccc2)c1OC. The highest BCUT2D eigenvalue weighted by atomic mass is 16.5. The summed E-state index contributed by atoms with van der Waals surface area (Å²) in [5.74, 6) is 1.13. The van der Waals surface area contributed by atoms with Crippen molar-refractivity contribution in [1.29, 1.82) is 0 Å². The van der Waals surface area contributed by atoms with Crippen LogP contribution in [0.5, 0.6) is 11.5 Å². The van der Waals surface area contributed by atoms with Crippen molar-refractivity contribution in [3.05, 3.63) is 95.6 Å². The minimum atomic E-state index is -1.08. The molecule has 2 amide bonds. The van der Waals surface area contributed by atoms with Crippen LogP contribution in [0.3, 0.4) is 0 Å². The van der Waals surface area contributed by atoms with Crippen LogP contribution >= 0.6 is 0 Å². The van der Waals surface area contributed by atoms with Crippen LogP contribution in [-0.4, -0.2) is 55.6 Å². The zero-order valence-electron chi connectivity index (χ0n) is 19.4. The number of ether oxygens (including phenoxy) is 3. The summed E-state index contributed by atoms with van der Waals surface area (Å²) < 4.78 is 18.3. The molecule has 1 fully saturated rings. The first-order chi connectivity index (χ1) is 16.5. The molecular weight excluding hydrogens is 432 g/mol. The number of carbonyl (C=O) groups excluding carboxylic acids is 1. The molecular formula is C27H30N2O5. The number of amides is 2. The molecule has 7 heteroatoms. The normalized spacial score (nSPS) is 18.0. The van der Waals surface area contributed by atoms with Crippen LogP contribution in [0.25, 0.3) is 0 Å². The third kappa shape index (κ3) is 4.32. The van der Waals surface area contributed by atoms with Gasteiger partial charge in [0.25, 0.3) is 0 Å². The molecule has 0 spiro atoms. The van der Waals surface area contributed by atoms with Crippen molar-refractivity contribution in [2.75, 3.05) is 27.4 Å². The molecule has 178 valence electrons. The largest absolute Gasteiger partial charge is 0.493 e. The van der Waals surface area contributed by atoms with Gasteiger partial charge in [-0.15, -0.1) is 0 Å². The molecule has 4 rings (SSSR count). The van der Waals surface area contributed by atoms with E-state index in [9.17, 15) is 9.90 Å². The number of hydrogen-bond donors (Lipinski definition) is 2. The average Bonchev–Trinajstić information content (AvgIpc) is 3.26. The minimum absolute atomic E-state index is 0.157. The monoisotopic (exact) mass is 462 g/mol. The fourth-order valence-corrected chi connectivity index (χ4v) is 4.77. The molecule has 0 aliphatic carbocycles. The zero-order chi connectivity index (χ0) is 24.1. The van der Waals surface area contributed by atoms with Crippen LogP contribution in [0, 0.1) is 0 Å². The molecule has 0 aromatic heterocycles. The van der Waals surface area contributed by atoms with Crippen LogP contribution < -0.4 is 15.2 Å². The fourth-order valence-electron chi connectivity index (χ4n) is 4.77. The highest BCUT2D eigenvalue weighted by Crippen LogP contribution is 2.47. The number of benzene rings is 3. The first-order valence-corrected chi connectivity index (χ1v) is 11.2. The van der Waals surface area contributed by atoms with Crippen LogP contribution in [0.4, 0.5) is 4.79 Å². The van der Waals surface area contributed by atoms with Crippen molar-refractivity contribution in [2.45, 2.75) is 24.2 Å². The highest BCUT2D eigenvalue weighted by molar-refractivity contribution is 5.72. The van der Waals surface area contributed by atoms with Gasteiger partial charge in [-0.2, -0.15) is 0 Å². The maximum absolute atomic E-state index is 12.0. The predicted octanol–water partition coefficient (Wildman–Crippen LogP) is 3.53. The van der Waals surface area contributed by atoms with E-state index in [0.29, 0.717) is 17.9 Å².